The summed E-state index contributed by atoms with van der Waals surface area (Å²) in [5, 5.41) is -0.514. The van der Waals surface area contributed by atoms with E-state index in [1.165, 1.54) is 6.33 Å². The summed E-state index contributed by atoms with van der Waals surface area (Å²) >= 11 is 0. The Bertz CT molecular complexity index is 402. The number of aromatic amines is 1. The minimum atomic E-state index is -4.72. The Morgan fingerprint density at radius 1 is 1.46 bits per heavy atom. The predicted octanol–water partition coefficient (Wildman–Crippen LogP) is 1.37. The first-order valence-electron chi connectivity index (χ1n) is 3.71. The van der Waals surface area contributed by atoms with E-state index in [4.69, 9.17) is 0 Å². The van der Waals surface area contributed by atoms with Gasteiger partial charge in [-0.2, -0.15) is 8.42 Å². The fraction of sp³-hybridized carbons (Fsp3) is 0.571. The zero-order valence-corrected chi connectivity index (χ0v) is 8.44. The molecule has 13 heavy (non-hydrogen) atoms. The molecule has 0 aliphatic rings. The molecule has 0 aliphatic carbocycles. The zero-order valence-electron chi connectivity index (χ0n) is 7.63. The van der Waals surface area contributed by atoms with Gasteiger partial charge in [0.1, 0.15) is 0 Å². The Morgan fingerprint density at radius 3 is 2.31 bits per heavy atom. The molecule has 0 aromatic carbocycles. The highest BCUT2D eigenvalue weighted by Crippen LogP contribution is 2.26. The second-order valence-corrected chi connectivity index (χ2v) is 5.03. The van der Waals surface area contributed by atoms with E-state index in [2.05, 4.69) is 9.97 Å². The lowest BCUT2D eigenvalue weighted by atomic mass is 9.93. The Labute approximate surface area is 76.4 Å². The number of imidazole rings is 1. The van der Waals surface area contributed by atoms with Crippen molar-refractivity contribution >= 4 is 10.2 Å². The van der Waals surface area contributed by atoms with Crippen LogP contribution in [0.1, 0.15) is 26.5 Å². The van der Waals surface area contributed by atoms with Crippen LogP contribution in [-0.2, 0) is 15.6 Å². The van der Waals surface area contributed by atoms with Gasteiger partial charge in [-0.25, -0.2) is 4.98 Å². The normalized spacial score (nSPS) is 13.2. The van der Waals surface area contributed by atoms with Crippen molar-refractivity contribution in [3.05, 3.63) is 12.0 Å². The summed E-state index contributed by atoms with van der Waals surface area (Å²) < 4.78 is 33.9. The Kier molecular flexibility index (Phi) is 2.19. The summed E-state index contributed by atoms with van der Waals surface area (Å²) in [5.74, 6) is 0. The lowest BCUT2D eigenvalue weighted by Crippen LogP contribution is -2.15. The minimum Gasteiger partial charge on any atom is -0.347 e. The molecule has 0 atom stereocenters. The fourth-order valence-corrected chi connectivity index (χ4v) is 1.79. The molecule has 1 aromatic rings. The van der Waals surface area contributed by atoms with Crippen LogP contribution < -0.4 is 0 Å². The van der Waals surface area contributed by atoms with Crippen molar-refractivity contribution in [3.8, 4) is 0 Å². The molecule has 1 rings (SSSR count). The van der Waals surface area contributed by atoms with Crippen molar-refractivity contribution < 1.29 is 12.3 Å². The van der Waals surface area contributed by atoms with E-state index < -0.39 is 20.7 Å². The van der Waals surface area contributed by atoms with Gasteiger partial charge in [-0.1, -0.05) is 24.7 Å². The van der Waals surface area contributed by atoms with Crippen molar-refractivity contribution in [2.75, 3.05) is 0 Å². The maximum atomic E-state index is 12.6. The summed E-state index contributed by atoms with van der Waals surface area (Å²) in [7, 11) is -4.72. The highest BCUT2D eigenvalue weighted by molar-refractivity contribution is 7.86. The third-order valence-electron chi connectivity index (χ3n) is 1.59. The maximum absolute atomic E-state index is 12.6. The monoisotopic (exact) mass is 206 g/mol. The molecule has 0 radical (unpaired) electrons. The van der Waals surface area contributed by atoms with Crippen LogP contribution in [0.5, 0.6) is 0 Å². The fourth-order valence-electron chi connectivity index (χ4n) is 1.00. The van der Waals surface area contributed by atoms with Gasteiger partial charge in [0, 0.05) is 5.41 Å². The molecule has 0 saturated heterocycles. The van der Waals surface area contributed by atoms with Crippen LogP contribution in [0, 0.1) is 0 Å². The number of rotatable bonds is 1. The van der Waals surface area contributed by atoms with Crippen LogP contribution in [0.2, 0.25) is 0 Å². The molecule has 0 amide bonds. The van der Waals surface area contributed by atoms with Gasteiger partial charge in [0.25, 0.3) is 0 Å². The summed E-state index contributed by atoms with van der Waals surface area (Å²) in [6, 6.07) is 0. The first-order chi connectivity index (χ1) is 5.73. The molecule has 1 aromatic heterocycles. The third-order valence-corrected chi connectivity index (χ3v) is 2.36. The van der Waals surface area contributed by atoms with Crippen molar-refractivity contribution in [2.24, 2.45) is 0 Å². The number of H-pyrrole nitrogens is 1. The maximum Gasteiger partial charge on any atom is 0.351 e. The molecule has 0 saturated carbocycles. The molecular weight excluding hydrogens is 195 g/mol. The van der Waals surface area contributed by atoms with Crippen LogP contribution in [0.15, 0.2) is 11.4 Å². The van der Waals surface area contributed by atoms with Gasteiger partial charge in [-0.3, -0.25) is 0 Å². The molecule has 4 nitrogen and oxygen atoms in total. The lowest BCUT2D eigenvalue weighted by Gasteiger charge is -2.16. The topological polar surface area (TPSA) is 62.8 Å². The second-order valence-electron chi connectivity index (χ2n) is 3.77. The predicted molar refractivity (Wildman–Crippen MR) is 45.6 cm³/mol. The average molecular weight is 206 g/mol. The van der Waals surface area contributed by atoms with Gasteiger partial charge in [0.15, 0.2) is 0 Å². The van der Waals surface area contributed by atoms with Crippen LogP contribution in [-0.4, -0.2) is 18.4 Å². The molecule has 1 N–H and O–H groups in total. The lowest BCUT2D eigenvalue weighted by molar-refractivity contribution is 0.524. The smallest absolute Gasteiger partial charge is 0.347 e. The molecule has 1 heterocycles. The molecule has 0 bridgehead atoms. The van der Waals surface area contributed by atoms with E-state index in [0.717, 1.165) is 0 Å². The summed E-state index contributed by atoms with van der Waals surface area (Å²) in [6.45, 7) is 5.32. The number of halogens is 1. The SMILES string of the molecule is CC(C)(C)c1[nH]cnc1S(=O)(=O)F. The molecular formula is C7H11FN2O2S. The van der Waals surface area contributed by atoms with Crippen molar-refractivity contribution in [2.45, 2.75) is 31.2 Å². The van der Waals surface area contributed by atoms with E-state index >= 15 is 0 Å². The number of hydrogen-bond donors (Lipinski definition) is 1. The average Bonchev–Trinajstić information content (AvgIpc) is 2.27. The van der Waals surface area contributed by atoms with E-state index in [1.54, 1.807) is 20.8 Å². The van der Waals surface area contributed by atoms with Crippen molar-refractivity contribution in [1.29, 1.82) is 0 Å². The zero-order chi connectivity index (χ0) is 10.3. The van der Waals surface area contributed by atoms with Gasteiger partial charge >= 0.3 is 10.2 Å². The van der Waals surface area contributed by atoms with Crippen LogP contribution in [0.4, 0.5) is 3.89 Å². The molecule has 0 unspecified atom stereocenters. The Morgan fingerprint density at radius 2 is 2.00 bits per heavy atom. The third kappa shape index (κ3) is 2.06. The molecule has 74 valence electrons. The van der Waals surface area contributed by atoms with Crippen LogP contribution >= 0.6 is 0 Å². The number of aromatic nitrogens is 2. The van der Waals surface area contributed by atoms with Gasteiger partial charge < -0.3 is 4.98 Å². The minimum absolute atomic E-state index is 0.287. The Balaban J connectivity index is 3.35. The van der Waals surface area contributed by atoms with Crippen LogP contribution in [0.25, 0.3) is 0 Å². The summed E-state index contributed by atoms with van der Waals surface area (Å²) in [6.07, 6.45) is 1.17. The molecule has 0 spiro atoms. The van der Waals surface area contributed by atoms with Crippen LogP contribution in [0.3, 0.4) is 0 Å². The standard InChI is InChI=1S/C7H11FN2O2S/c1-7(2,3)5-6(10-4-9-5)13(8,11)12/h4H,1-3H3,(H,9,10). The highest BCUT2D eigenvalue weighted by Gasteiger charge is 2.28. The molecule has 6 heteroatoms. The molecule has 0 aliphatic heterocycles. The van der Waals surface area contributed by atoms with E-state index in [1.807, 2.05) is 0 Å². The van der Waals surface area contributed by atoms with Gasteiger partial charge in [0.2, 0.25) is 5.03 Å². The number of hydrogen-bond acceptors (Lipinski definition) is 3. The molecule has 0 fully saturated rings. The van der Waals surface area contributed by atoms with Crippen molar-refractivity contribution in [3.63, 3.8) is 0 Å². The summed E-state index contributed by atoms with van der Waals surface area (Å²) in [5.41, 5.74) is -0.180. The van der Waals surface area contributed by atoms with Gasteiger partial charge in [-0.15, -0.1) is 0 Å². The first kappa shape index (κ1) is 10.2. The highest BCUT2D eigenvalue weighted by atomic mass is 32.3. The number of nitrogens with zero attached hydrogens (tertiary/aromatic N) is 1. The first-order valence-corrected chi connectivity index (χ1v) is 5.10. The summed E-state index contributed by atoms with van der Waals surface area (Å²) in [4.78, 5) is 6.06. The Hall–Kier alpha value is -0.910. The van der Waals surface area contributed by atoms with E-state index in [-0.39, 0.29) is 5.69 Å². The van der Waals surface area contributed by atoms with Crippen molar-refractivity contribution in [1.82, 2.24) is 9.97 Å². The van der Waals surface area contributed by atoms with Gasteiger partial charge in [0.05, 0.1) is 12.0 Å². The van der Waals surface area contributed by atoms with E-state index in [9.17, 15) is 12.3 Å². The quantitative estimate of drug-likeness (QED) is 0.706. The number of nitrogens with one attached hydrogen (secondary N) is 1. The van der Waals surface area contributed by atoms with E-state index in [0.29, 0.717) is 0 Å². The largest absolute Gasteiger partial charge is 0.351 e. The second kappa shape index (κ2) is 2.80. The van der Waals surface area contributed by atoms with Gasteiger partial charge in [-0.05, 0) is 0 Å².